The molecule has 0 N–H and O–H groups in total. The number of ether oxygens (including phenoxy) is 2. The van der Waals surface area contributed by atoms with Crippen LogP contribution in [0.1, 0.15) is 34.1 Å². The van der Waals surface area contributed by atoms with Gasteiger partial charge in [0.05, 0.1) is 20.8 Å². The van der Waals surface area contributed by atoms with Crippen LogP contribution in [0.2, 0.25) is 0 Å². The minimum Gasteiger partial charge on any atom is -0.497 e. The van der Waals surface area contributed by atoms with E-state index in [0.29, 0.717) is 6.54 Å². The second-order valence-electron chi connectivity index (χ2n) is 8.18. The fourth-order valence-corrected chi connectivity index (χ4v) is 4.56. The third-order valence-corrected chi connectivity index (χ3v) is 6.24. The first-order chi connectivity index (χ1) is 16.3. The highest BCUT2D eigenvalue weighted by atomic mass is 16.5. The van der Waals surface area contributed by atoms with Crippen LogP contribution in [-0.2, 0) is 19.5 Å². The number of tetrazole rings is 1. The Kier molecular flexibility index (Phi) is 6.04. The van der Waals surface area contributed by atoms with Gasteiger partial charge in [-0.15, -0.1) is 5.10 Å². The van der Waals surface area contributed by atoms with Gasteiger partial charge in [0.1, 0.15) is 17.5 Å². The Morgan fingerprint density at radius 2 is 1.70 bits per heavy atom. The maximum absolute atomic E-state index is 5.80. The SMILES string of the molecule is COc1ccc([C@H](c2nnnn2Cc2ccccc2)N2CCc3ccccc3C2)c(OC)c1. The molecule has 7 heteroatoms. The average molecular weight is 442 g/mol. The molecule has 0 spiro atoms. The highest BCUT2D eigenvalue weighted by molar-refractivity contribution is 5.45. The number of aromatic nitrogens is 4. The predicted molar refractivity (Wildman–Crippen MR) is 125 cm³/mol. The molecule has 0 amide bonds. The molecule has 7 nitrogen and oxygen atoms in total. The van der Waals surface area contributed by atoms with Crippen LogP contribution < -0.4 is 9.47 Å². The zero-order chi connectivity index (χ0) is 22.6. The summed E-state index contributed by atoms with van der Waals surface area (Å²) in [5.74, 6) is 2.30. The van der Waals surface area contributed by atoms with Crippen molar-refractivity contribution in [1.82, 2.24) is 25.1 Å². The van der Waals surface area contributed by atoms with Gasteiger partial charge in [0.25, 0.3) is 0 Å². The Balaban J connectivity index is 1.58. The van der Waals surface area contributed by atoms with E-state index in [1.54, 1.807) is 14.2 Å². The summed E-state index contributed by atoms with van der Waals surface area (Å²) in [4.78, 5) is 2.43. The van der Waals surface area contributed by atoms with Gasteiger partial charge >= 0.3 is 0 Å². The van der Waals surface area contributed by atoms with Crippen LogP contribution in [0, 0.1) is 0 Å². The number of hydrogen-bond acceptors (Lipinski definition) is 6. The molecule has 168 valence electrons. The Hall–Kier alpha value is -3.71. The van der Waals surface area contributed by atoms with Gasteiger partial charge in [0, 0.05) is 24.7 Å². The molecule has 1 aliphatic heterocycles. The summed E-state index contributed by atoms with van der Waals surface area (Å²) in [6.45, 7) is 2.31. The molecule has 33 heavy (non-hydrogen) atoms. The van der Waals surface area contributed by atoms with Crippen molar-refractivity contribution in [2.75, 3.05) is 20.8 Å². The average Bonchev–Trinajstić information content (AvgIpc) is 3.32. The number of methoxy groups -OCH3 is 2. The summed E-state index contributed by atoms with van der Waals surface area (Å²) in [5, 5.41) is 12.9. The van der Waals surface area contributed by atoms with Crippen LogP contribution in [0.15, 0.2) is 72.8 Å². The second-order valence-corrected chi connectivity index (χ2v) is 8.18. The van der Waals surface area contributed by atoms with Crippen molar-refractivity contribution in [3.8, 4) is 11.5 Å². The lowest BCUT2D eigenvalue weighted by molar-refractivity contribution is 0.191. The van der Waals surface area contributed by atoms with E-state index < -0.39 is 0 Å². The molecule has 1 aromatic heterocycles. The van der Waals surface area contributed by atoms with E-state index in [9.17, 15) is 0 Å². The molecule has 1 aliphatic rings. The lowest BCUT2D eigenvalue weighted by Gasteiger charge is -2.35. The highest BCUT2D eigenvalue weighted by Crippen LogP contribution is 2.38. The van der Waals surface area contributed by atoms with Gasteiger partial charge in [-0.25, -0.2) is 4.68 Å². The van der Waals surface area contributed by atoms with Crippen molar-refractivity contribution in [2.24, 2.45) is 0 Å². The largest absolute Gasteiger partial charge is 0.497 e. The smallest absolute Gasteiger partial charge is 0.173 e. The third-order valence-electron chi connectivity index (χ3n) is 6.24. The molecule has 0 radical (unpaired) electrons. The summed E-state index contributed by atoms with van der Waals surface area (Å²) < 4.78 is 13.1. The monoisotopic (exact) mass is 441 g/mol. The quantitative estimate of drug-likeness (QED) is 0.434. The summed E-state index contributed by atoms with van der Waals surface area (Å²) in [6.07, 6.45) is 0.978. The summed E-state index contributed by atoms with van der Waals surface area (Å²) in [5.41, 5.74) is 4.90. The fourth-order valence-electron chi connectivity index (χ4n) is 4.56. The van der Waals surface area contributed by atoms with E-state index in [0.717, 1.165) is 48.0 Å². The molecule has 0 saturated heterocycles. The summed E-state index contributed by atoms with van der Waals surface area (Å²) in [7, 11) is 3.35. The number of benzene rings is 3. The predicted octanol–water partition coefficient (Wildman–Crippen LogP) is 3.89. The van der Waals surface area contributed by atoms with E-state index in [2.05, 4.69) is 62.9 Å². The normalized spacial score (nSPS) is 14.5. The topological polar surface area (TPSA) is 65.3 Å². The summed E-state index contributed by atoms with van der Waals surface area (Å²) in [6, 6.07) is 24.7. The molecule has 4 aromatic rings. The zero-order valence-electron chi connectivity index (χ0n) is 18.9. The molecule has 0 unspecified atom stereocenters. The maximum atomic E-state index is 5.80. The van der Waals surface area contributed by atoms with Gasteiger partial charge in [0.2, 0.25) is 0 Å². The van der Waals surface area contributed by atoms with Crippen LogP contribution in [0.5, 0.6) is 11.5 Å². The Morgan fingerprint density at radius 1 is 0.909 bits per heavy atom. The summed E-state index contributed by atoms with van der Waals surface area (Å²) >= 11 is 0. The second kappa shape index (κ2) is 9.42. The van der Waals surface area contributed by atoms with Crippen molar-refractivity contribution < 1.29 is 9.47 Å². The van der Waals surface area contributed by atoms with Crippen LogP contribution in [0.3, 0.4) is 0 Å². The molecule has 1 atom stereocenters. The first-order valence-corrected chi connectivity index (χ1v) is 11.1. The third kappa shape index (κ3) is 4.32. The lowest BCUT2D eigenvalue weighted by Crippen LogP contribution is -2.36. The van der Waals surface area contributed by atoms with Gasteiger partial charge in [-0.05, 0) is 45.7 Å². The molecule has 0 saturated carbocycles. The fraction of sp³-hybridized carbons (Fsp3) is 0.269. The van der Waals surface area contributed by atoms with Gasteiger partial charge < -0.3 is 9.47 Å². The number of nitrogens with zero attached hydrogens (tertiary/aromatic N) is 5. The maximum Gasteiger partial charge on any atom is 0.173 e. The van der Waals surface area contributed by atoms with E-state index in [-0.39, 0.29) is 6.04 Å². The number of hydrogen-bond donors (Lipinski definition) is 0. The first kappa shape index (κ1) is 21.2. The van der Waals surface area contributed by atoms with Gasteiger partial charge in [-0.1, -0.05) is 54.6 Å². The van der Waals surface area contributed by atoms with Gasteiger partial charge in [-0.3, -0.25) is 4.90 Å². The molecule has 5 rings (SSSR count). The zero-order valence-corrected chi connectivity index (χ0v) is 18.9. The Labute approximate surface area is 193 Å². The standard InChI is InChI=1S/C26H27N5O2/c1-32-22-12-13-23(24(16-22)33-2)25(30-15-14-20-10-6-7-11-21(20)18-30)26-27-28-29-31(26)17-19-8-4-3-5-9-19/h3-13,16,25H,14-15,17-18H2,1-2H3/t25-/m1/s1. The Bertz CT molecular complexity index is 1220. The van der Waals surface area contributed by atoms with Crippen molar-refractivity contribution in [1.29, 1.82) is 0 Å². The van der Waals surface area contributed by atoms with E-state index in [1.165, 1.54) is 11.1 Å². The molecular formula is C26H27N5O2. The van der Waals surface area contributed by atoms with Crippen molar-refractivity contribution in [3.05, 3.63) is 101 Å². The van der Waals surface area contributed by atoms with E-state index in [4.69, 9.17) is 9.47 Å². The van der Waals surface area contributed by atoms with Crippen LogP contribution in [-0.4, -0.2) is 45.9 Å². The molecule has 0 fully saturated rings. The van der Waals surface area contributed by atoms with E-state index >= 15 is 0 Å². The van der Waals surface area contributed by atoms with Gasteiger partial charge in [-0.2, -0.15) is 0 Å². The Morgan fingerprint density at radius 3 is 2.48 bits per heavy atom. The van der Waals surface area contributed by atoms with Crippen molar-refractivity contribution in [3.63, 3.8) is 0 Å². The highest BCUT2D eigenvalue weighted by Gasteiger charge is 2.32. The molecule has 2 heterocycles. The molecular weight excluding hydrogens is 414 g/mol. The first-order valence-electron chi connectivity index (χ1n) is 11.1. The number of rotatable bonds is 7. The van der Waals surface area contributed by atoms with Crippen molar-refractivity contribution in [2.45, 2.75) is 25.6 Å². The minimum atomic E-state index is -0.169. The van der Waals surface area contributed by atoms with Crippen LogP contribution in [0.25, 0.3) is 0 Å². The van der Waals surface area contributed by atoms with E-state index in [1.807, 2.05) is 35.0 Å². The molecule has 0 bridgehead atoms. The lowest BCUT2D eigenvalue weighted by atomic mass is 9.95. The molecule has 3 aromatic carbocycles. The van der Waals surface area contributed by atoms with Gasteiger partial charge in [0.15, 0.2) is 5.82 Å². The minimum absolute atomic E-state index is 0.169. The van der Waals surface area contributed by atoms with Crippen LogP contribution in [0.4, 0.5) is 0 Å². The number of fused-ring (bicyclic) bond motifs is 1. The van der Waals surface area contributed by atoms with Crippen molar-refractivity contribution >= 4 is 0 Å². The molecule has 0 aliphatic carbocycles. The van der Waals surface area contributed by atoms with Crippen LogP contribution >= 0.6 is 0 Å².